The van der Waals surface area contributed by atoms with E-state index in [1.165, 1.54) is 51.7 Å². The molecule has 2 nitrogen and oxygen atoms in total. The van der Waals surface area contributed by atoms with Crippen LogP contribution in [-0.2, 0) is 0 Å². The lowest BCUT2D eigenvalue weighted by Crippen LogP contribution is -2.34. The predicted octanol–water partition coefficient (Wildman–Crippen LogP) is 2.27. The van der Waals surface area contributed by atoms with Crippen molar-refractivity contribution in [3.8, 4) is 0 Å². The summed E-state index contributed by atoms with van der Waals surface area (Å²) >= 11 is 0. The zero-order valence-corrected chi connectivity index (χ0v) is 9.54. The van der Waals surface area contributed by atoms with Gasteiger partial charge in [0.2, 0.25) is 0 Å². The number of hydrogen-bond donors (Lipinski definition) is 1. The Morgan fingerprint density at radius 2 is 2.00 bits per heavy atom. The molecule has 1 atom stereocenters. The van der Waals surface area contributed by atoms with Crippen LogP contribution in [0.3, 0.4) is 0 Å². The lowest BCUT2D eigenvalue weighted by molar-refractivity contribution is 0.180. The molecule has 0 spiro atoms. The first-order valence-corrected chi connectivity index (χ1v) is 6.16. The van der Waals surface area contributed by atoms with Gasteiger partial charge in [0, 0.05) is 13.2 Å². The number of aliphatic hydroxyl groups is 1. The van der Waals surface area contributed by atoms with Crippen LogP contribution in [0.1, 0.15) is 45.4 Å². The summed E-state index contributed by atoms with van der Waals surface area (Å²) in [6, 6.07) is 0. The molecule has 0 aliphatic carbocycles. The van der Waals surface area contributed by atoms with Crippen LogP contribution in [0, 0.1) is 5.92 Å². The Labute approximate surface area is 88.3 Å². The fourth-order valence-electron chi connectivity index (χ4n) is 2.29. The average Bonchev–Trinajstić information content (AvgIpc) is 2.18. The third kappa shape index (κ3) is 4.97. The fourth-order valence-corrected chi connectivity index (χ4v) is 2.29. The molecule has 14 heavy (non-hydrogen) atoms. The Morgan fingerprint density at radius 3 is 2.71 bits per heavy atom. The van der Waals surface area contributed by atoms with E-state index in [1.807, 2.05) is 0 Å². The van der Waals surface area contributed by atoms with Crippen molar-refractivity contribution < 1.29 is 5.11 Å². The molecular weight excluding hydrogens is 174 g/mol. The first kappa shape index (κ1) is 12.0. The Hall–Kier alpha value is -0.0800. The van der Waals surface area contributed by atoms with Crippen LogP contribution in [0.15, 0.2) is 0 Å². The number of likely N-dealkylation sites (tertiary alicyclic amines) is 1. The van der Waals surface area contributed by atoms with Gasteiger partial charge in [0.15, 0.2) is 0 Å². The lowest BCUT2D eigenvalue weighted by Gasteiger charge is -2.30. The highest BCUT2D eigenvalue weighted by Gasteiger charge is 2.14. The van der Waals surface area contributed by atoms with E-state index in [0.29, 0.717) is 6.61 Å². The van der Waals surface area contributed by atoms with E-state index >= 15 is 0 Å². The minimum Gasteiger partial charge on any atom is -0.396 e. The van der Waals surface area contributed by atoms with Crippen molar-refractivity contribution in [1.82, 2.24) is 4.90 Å². The molecule has 1 fully saturated rings. The van der Waals surface area contributed by atoms with Crippen LogP contribution in [0.25, 0.3) is 0 Å². The maximum Gasteiger partial charge on any atom is 0.0431 e. The third-order valence-electron chi connectivity index (χ3n) is 3.12. The summed E-state index contributed by atoms with van der Waals surface area (Å²) in [7, 11) is 0. The third-order valence-corrected chi connectivity index (χ3v) is 3.12. The predicted molar refractivity (Wildman–Crippen MR) is 60.4 cm³/mol. The number of unbranched alkanes of at least 4 members (excludes halogenated alkanes) is 3. The van der Waals surface area contributed by atoms with Crippen molar-refractivity contribution in [1.29, 1.82) is 0 Å². The monoisotopic (exact) mass is 199 g/mol. The number of aliphatic hydroxyl groups excluding tert-OH is 1. The van der Waals surface area contributed by atoms with Crippen molar-refractivity contribution in [2.75, 3.05) is 26.2 Å². The second kappa shape index (κ2) is 7.24. The van der Waals surface area contributed by atoms with E-state index in [1.54, 1.807) is 0 Å². The summed E-state index contributed by atoms with van der Waals surface area (Å²) in [5.41, 5.74) is 0. The SMILES string of the molecule is CC1CCCN(CCCCCCO)C1. The summed E-state index contributed by atoms with van der Waals surface area (Å²) in [4.78, 5) is 2.60. The van der Waals surface area contributed by atoms with Gasteiger partial charge < -0.3 is 10.0 Å². The van der Waals surface area contributed by atoms with Gasteiger partial charge in [0.05, 0.1) is 0 Å². The van der Waals surface area contributed by atoms with Crippen molar-refractivity contribution in [2.45, 2.75) is 45.4 Å². The summed E-state index contributed by atoms with van der Waals surface area (Å²) < 4.78 is 0. The molecule has 1 aliphatic heterocycles. The Morgan fingerprint density at radius 1 is 1.21 bits per heavy atom. The smallest absolute Gasteiger partial charge is 0.0431 e. The van der Waals surface area contributed by atoms with E-state index in [0.717, 1.165) is 12.3 Å². The largest absolute Gasteiger partial charge is 0.396 e. The molecule has 1 heterocycles. The lowest BCUT2D eigenvalue weighted by atomic mass is 10.00. The maximum absolute atomic E-state index is 8.64. The fraction of sp³-hybridized carbons (Fsp3) is 1.00. The normalized spacial score (nSPS) is 24.0. The van der Waals surface area contributed by atoms with Gasteiger partial charge in [-0.1, -0.05) is 19.8 Å². The zero-order chi connectivity index (χ0) is 10.2. The van der Waals surface area contributed by atoms with Gasteiger partial charge >= 0.3 is 0 Å². The molecule has 0 bridgehead atoms. The van der Waals surface area contributed by atoms with Gasteiger partial charge in [-0.05, 0) is 44.7 Å². The Bertz CT molecular complexity index is 138. The number of nitrogens with zero attached hydrogens (tertiary/aromatic N) is 1. The van der Waals surface area contributed by atoms with Gasteiger partial charge in [-0.15, -0.1) is 0 Å². The van der Waals surface area contributed by atoms with Crippen LogP contribution < -0.4 is 0 Å². The topological polar surface area (TPSA) is 23.5 Å². The van der Waals surface area contributed by atoms with Gasteiger partial charge in [0.25, 0.3) is 0 Å². The van der Waals surface area contributed by atoms with E-state index < -0.39 is 0 Å². The second-order valence-corrected chi connectivity index (χ2v) is 4.69. The minimum absolute atomic E-state index is 0.362. The van der Waals surface area contributed by atoms with Gasteiger partial charge in [-0.2, -0.15) is 0 Å². The number of hydrogen-bond acceptors (Lipinski definition) is 2. The van der Waals surface area contributed by atoms with Crippen LogP contribution in [0.2, 0.25) is 0 Å². The first-order chi connectivity index (χ1) is 6.83. The molecule has 0 radical (unpaired) electrons. The van der Waals surface area contributed by atoms with Gasteiger partial charge in [0.1, 0.15) is 0 Å². The molecule has 0 aromatic rings. The Balaban J connectivity index is 1.95. The molecule has 1 saturated heterocycles. The first-order valence-electron chi connectivity index (χ1n) is 6.16. The number of piperidine rings is 1. The van der Waals surface area contributed by atoms with Crippen LogP contribution in [0.4, 0.5) is 0 Å². The highest BCUT2D eigenvalue weighted by molar-refractivity contribution is 4.69. The molecule has 2 heteroatoms. The molecule has 1 aliphatic rings. The quantitative estimate of drug-likeness (QED) is 0.663. The minimum atomic E-state index is 0.362. The average molecular weight is 199 g/mol. The Kier molecular flexibility index (Phi) is 6.20. The molecule has 0 aromatic heterocycles. The highest BCUT2D eigenvalue weighted by Crippen LogP contribution is 2.15. The summed E-state index contributed by atoms with van der Waals surface area (Å²) in [6.07, 6.45) is 7.58. The van der Waals surface area contributed by atoms with Crippen LogP contribution in [0.5, 0.6) is 0 Å². The molecular formula is C12H25NO. The molecule has 1 rings (SSSR count). The molecule has 1 unspecified atom stereocenters. The van der Waals surface area contributed by atoms with Gasteiger partial charge in [-0.3, -0.25) is 0 Å². The summed E-state index contributed by atoms with van der Waals surface area (Å²) in [6.45, 7) is 6.61. The van der Waals surface area contributed by atoms with E-state index in [-0.39, 0.29) is 0 Å². The van der Waals surface area contributed by atoms with E-state index in [4.69, 9.17) is 5.11 Å². The molecule has 1 N–H and O–H groups in total. The van der Waals surface area contributed by atoms with E-state index in [2.05, 4.69) is 11.8 Å². The van der Waals surface area contributed by atoms with Gasteiger partial charge in [-0.25, -0.2) is 0 Å². The zero-order valence-electron chi connectivity index (χ0n) is 9.54. The number of rotatable bonds is 6. The molecule has 0 aromatic carbocycles. The molecule has 84 valence electrons. The maximum atomic E-state index is 8.64. The van der Waals surface area contributed by atoms with Crippen molar-refractivity contribution in [3.05, 3.63) is 0 Å². The summed E-state index contributed by atoms with van der Waals surface area (Å²) in [5, 5.41) is 8.64. The van der Waals surface area contributed by atoms with Crippen LogP contribution in [-0.4, -0.2) is 36.2 Å². The molecule has 0 amide bonds. The summed E-state index contributed by atoms with van der Waals surface area (Å²) in [5.74, 6) is 0.904. The molecule has 0 saturated carbocycles. The van der Waals surface area contributed by atoms with Crippen molar-refractivity contribution in [2.24, 2.45) is 5.92 Å². The standard InChI is InChI=1S/C12H25NO/c1-12-7-6-9-13(11-12)8-4-2-3-5-10-14/h12,14H,2-11H2,1H3. The highest BCUT2D eigenvalue weighted by atomic mass is 16.2. The van der Waals surface area contributed by atoms with Crippen molar-refractivity contribution in [3.63, 3.8) is 0 Å². The van der Waals surface area contributed by atoms with Crippen molar-refractivity contribution >= 4 is 0 Å². The van der Waals surface area contributed by atoms with Crippen LogP contribution >= 0.6 is 0 Å². The second-order valence-electron chi connectivity index (χ2n) is 4.69. The van der Waals surface area contributed by atoms with E-state index in [9.17, 15) is 0 Å².